The third-order valence-electron chi connectivity index (χ3n) is 4.84. The van der Waals surface area contributed by atoms with Crippen molar-refractivity contribution in [1.82, 2.24) is 0 Å². The van der Waals surface area contributed by atoms with Gasteiger partial charge in [0, 0.05) is 16.5 Å². The van der Waals surface area contributed by atoms with Crippen LogP contribution in [0.5, 0.6) is 0 Å². The third-order valence-corrected chi connectivity index (χ3v) is 5.25. The second kappa shape index (κ2) is 5.05. The normalized spacial score (nSPS) is 27.1. The van der Waals surface area contributed by atoms with E-state index in [1.807, 2.05) is 6.92 Å². The highest BCUT2D eigenvalue weighted by atomic mass is 35.5. The highest BCUT2D eigenvalue weighted by Crippen LogP contribution is 2.47. The molecule has 1 unspecified atom stereocenters. The van der Waals surface area contributed by atoms with E-state index >= 15 is 0 Å². The summed E-state index contributed by atoms with van der Waals surface area (Å²) in [4.78, 5) is 12.4. The van der Waals surface area contributed by atoms with Gasteiger partial charge in [0.25, 0.3) is 5.91 Å². The fourth-order valence-corrected chi connectivity index (χ4v) is 3.76. The molecule has 3 rings (SSSR count). The van der Waals surface area contributed by atoms with Crippen LogP contribution in [-0.4, -0.2) is 11.0 Å². The third kappa shape index (κ3) is 1.95. The molecule has 1 atom stereocenters. The van der Waals surface area contributed by atoms with Gasteiger partial charge >= 0.3 is 0 Å². The minimum atomic E-state index is -1.38. The molecule has 0 aromatic heterocycles. The molecule has 3 nitrogen and oxygen atoms in total. The molecule has 1 fully saturated rings. The Kier molecular flexibility index (Phi) is 3.51. The first kappa shape index (κ1) is 13.9. The van der Waals surface area contributed by atoms with Gasteiger partial charge < -0.3 is 10.4 Å². The van der Waals surface area contributed by atoms with E-state index in [4.69, 9.17) is 11.6 Å². The Hall–Kier alpha value is -1.06. The van der Waals surface area contributed by atoms with Crippen LogP contribution in [0.25, 0.3) is 0 Å². The molecule has 1 aromatic rings. The average molecular weight is 294 g/mol. The summed E-state index contributed by atoms with van der Waals surface area (Å²) in [5.41, 5.74) is 0.863. The first-order valence-corrected chi connectivity index (χ1v) is 7.76. The second-order valence-corrected chi connectivity index (χ2v) is 6.41. The van der Waals surface area contributed by atoms with E-state index in [0.29, 0.717) is 16.3 Å². The maximum absolute atomic E-state index is 12.4. The predicted molar refractivity (Wildman–Crippen MR) is 79.9 cm³/mol. The van der Waals surface area contributed by atoms with Gasteiger partial charge in [-0.25, -0.2) is 0 Å². The number of amides is 1. The Bertz CT molecular complexity index is 550. The highest BCUT2D eigenvalue weighted by Gasteiger charge is 2.51. The van der Waals surface area contributed by atoms with Crippen LogP contribution < -0.4 is 5.32 Å². The van der Waals surface area contributed by atoms with Crippen LogP contribution >= 0.6 is 11.6 Å². The predicted octanol–water partition coefficient (Wildman–Crippen LogP) is 3.76. The van der Waals surface area contributed by atoms with E-state index in [1.54, 1.807) is 12.1 Å². The summed E-state index contributed by atoms with van der Waals surface area (Å²) in [5.74, 6) is -0.281. The highest BCUT2D eigenvalue weighted by molar-refractivity contribution is 6.32. The van der Waals surface area contributed by atoms with Crippen molar-refractivity contribution in [2.45, 2.75) is 51.0 Å². The SMILES string of the molecule is Cc1c(Cl)ccc2c1NC(=O)C2(O)C1CCCCCC1. The standard InChI is InChI=1S/C16H20ClNO2/c1-10-13(17)9-8-12-14(10)18-15(19)16(12,20)11-6-4-2-3-5-7-11/h8-9,11,20H,2-7H2,1H3,(H,18,19). The molecule has 1 amide bonds. The molecule has 1 heterocycles. The van der Waals surface area contributed by atoms with E-state index in [1.165, 1.54) is 12.8 Å². The second-order valence-electron chi connectivity index (χ2n) is 6.00. The Labute approximate surface area is 124 Å². The molecule has 1 saturated carbocycles. The minimum absolute atomic E-state index is 0.00632. The van der Waals surface area contributed by atoms with Gasteiger partial charge in [0.15, 0.2) is 5.60 Å². The zero-order valence-corrected chi connectivity index (χ0v) is 12.5. The molecule has 2 N–H and O–H groups in total. The van der Waals surface area contributed by atoms with Gasteiger partial charge in [0.1, 0.15) is 0 Å². The van der Waals surface area contributed by atoms with Crippen LogP contribution in [0, 0.1) is 12.8 Å². The lowest BCUT2D eigenvalue weighted by molar-refractivity contribution is -0.140. The lowest BCUT2D eigenvalue weighted by Gasteiger charge is -2.30. The lowest BCUT2D eigenvalue weighted by atomic mass is 9.77. The molecule has 0 saturated heterocycles. The van der Waals surface area contributed by atoms with Crippen molar-refractivity contribution in [2.24, 2.45) is 5.92 Å². The molecule has 1 aromatic carbocycles. The maximum atomic E-state index is 12.4. The zero-order valence-electron chi connectivity index (χ0n) is 11.7. The van der Waals surface area contributed by atoms with Crippen molar-refractivity contribution in [3.05, 3.63) is 28.3 Å². The number of fused-ring (bicyclic) bond motifs is 1. The van der Waals surface area contributed by atoms with Crippen molar-refractivity contribution in [3.63, 3.8) is 0 Å². The number of halogens is 1. The quantitative estimate of drug-likeness (QED) is 0.775. The number of carbonyl (C=O) groups is 1. The summed E-state index contributed by atoms with van der Waals surface area (Å²) < 4.78 is 0. The van der Waals surface area contributed by atoms with Crippen molar-refractivity contribution in [1.29, 1.82) is 0 Å². The van der Waals surface area contributed by atoms with E-state index in [9.17, 15) is 9.90 Å². The molecule has 2 aliphatic rings. The van der Waals surface area contributed by atoms with Crippen LogP contribution in [0.1, 0.15) is 49.7 Å². The van der Waals surface area contributed by atoms with E-state index in [0.717, 1.165) is 31.2 Å². The average Bonchev–Trinajstić information content (AvgIpc) is 2.65. The minimum Gasteiger partial charge on any atom is -0.375 e. The van der Waals surface area contributed by atoms with E-state index in [2.05, 4.69) is 5.32 Å². The summed E-state index contributed by atoms with van der Waals surface area (Å²) in [6.07, 6.45) is 6.38. The van der Waals surface area contributed by atoms with E-state index in [-0.39, 0.29) is 11.8 Å². The van der Waals surface area contributed by atoms with Crippen molar-refractivity contribution < 1.29 is 9.90 Å². The first-order valence-electron chi connectivity index (χ1n) is 7.38. The number of hydrogen-bond donors (Lipinski definition) is 2. The van der Waals surface area contributed by atoms with Crippen LogP contribution in [0.4, 0.5) is 5.69 Å². The zero-order chi connectivity index (χ0) is 14.3. The van der Waals surface area contributed by atoms with Crippen LogP contribution in [0.2, 0.25) is 5.02 Å². The van der Waals surface area contributed by atoms with Gasteiger partial charge in [0.2, 0.25) is 0 Å². The number of hydrogen-bond acceptors (Lipinski definition) is 2. The molecule has 20 heavy (non-hydrogen) atoms. The van der Waals surface area contributed by atoms with Gasteiger partial charge in [0.05, 0.1) is 5.69 Å². The number of rotatable bonds is 1. The summed E-state index contributed by atoms with van der Waals surface area (Å²) >= 11 is 6.11. The number of benzene rings is 1. The molecule has 108 valence electrons. The molecule has 4 heteroatoms. The maximum Gasteiger partial charge on any atom is 0.261 e. The smallest absolute Gasteiger partial charge is 0.261 e. The van der Waals surface area contributed by atoms with Crippen molar-refractivity contribution >= 4 is 23.2 Å². The summed E-state index contributed by atoms with van der Waals surface area (Å²) in [6.45, 7) is 1.88. The topological polar surface area (TPSA) is 49.3 Å². The fraction of sp³-hybridized carbons (Fsp3) is 0.562. The van der Waals surface area contributed by atoms with Gasteiger partial charge in [-0.3, -0.25) is 4.79 Å². The molecule has 0 bridgehead atoms. The molecule has 1 aliphatic carbocycles. The lowest BCUT2D eigenvalue weighted by Crippen LogP contribution is -2.41. The number of carbonyl (C=O) groups excluding carboxylic acids is 1. The number of aliphatic hydroxyl groups is 1. The Morgan fingerprint density at radius 3 is 2.55 bits per heavy atom. The molecular formula is C16H20ClNO2. The Balaban J connectivity index is 2.06. The molecule has 0 radical (unpaired) electrons. The van der Waals surface area contributed by atoms with Gasteiger partial charge in [-0.05, 0) is 31.4 Å². The first-order chi connectivity index (χ1) is 9.55. The van der Waals surface area contributed by atoms with Gasteiger partial charge in [-0.15, -0.1) is 0 Å². The Morgan fingerprint density at radius 1 is 1.25 bits per heavy atom. The van der Waals surface area contributed by atoms with Gasteiger partial charge in [-0.1, -0.05) is 43.4 Å². The van der Waals surface area contributed by atoms with Crippen LogP contribution in [-0.2, 0) is 10.4 Å². The number of anilines is 1. The summed E-state index contributed by atoms with van der Waals surface area (Å²) in [5, 5.41) is 14.6. The summed E-state index contributed by atoms with van der Waals surface area (Å²) in [6, 6.07) is 3.57. The molecule has 1 aliphatic heterocycles. The fourth-order valence-electron chi connectivity index (χ4n) is 3.60. The monoisotopic (exact) mass is 293 g/mol. The largest absolute Gasteiger partial charge is 0.375 e. The van der Waals surface area contributed by atoms with Crippen LogP contribution in [0.3, 0.4) is 0 Å². The van der Waals surface area contributed by atoms with Gasteiger partial charge in [-0.2, -0.15) is 0 Å². The number of nitrogens with one attached hydrogen (secondary N) is 1. The van der Waals surface area contributed by atoms with E-state index < -0.39 is 5.60 Å². The van der Waals surface area contributed by atoms with Crippen LogP contribution in [0.15, 0.2) is 12.1 Å². The van der Waals surface area contributed by atoms with Crippen molar-refractivity contribution in [2.75, 3.05) is 5.32 Å². The molecule has 0 spiro atoms. The molecular weight excluding hydrogens is 274 g/mol. The van der Waals surface area contributed by atoms with Crippen molar-refractivity contribution in [3.8, 4) is 0 Å². The Morgan fingerprint density at radius 2 is 1.90 bits per heavy atom. The summed E-state index contributed by atoms with van der Waals surface area (Å²) in [7, 11) is 0.